The predicted octanol–water partition coefficient (Wildman–Crippen LogP) is 0.701. The minimum Gasteiger partial charge on any atom is -0.363 e. The van der Waals surface area contributed by atoms with Gasteiger partial charge < -0.3 is 9.64 Å². The average molecular weight is 268 g/mol. The lowest BCUT2D eigenvalue weighted by Crippen LogP contribution is -2.51. The van der Waals surface area contributed by atoms with Crippen molar-refractivity contribution in [2.24, 2.45) is 0 Å². The van der Waals surface area contributed by atoms with Crippen molar-refractivity contribution in [1.29, 1.82) is 0 Å². The van der Waals surface area contributed by atoms with E-state index in [-0.39, 0.29) is 24.9 Å². The molecule has 5 heteroatoms. The van der Waals surface area contributed by atoms with Crippen molar-refractivity contribution in [1.82, 2.24) is 9.80 Å². The lowest BCUT2D eigenvalue weighted by atomic mass is 10.2. The van der Waals surface area contributed by atoms with Crippen molar-refractivity contribution < 1.29 is 14.3 Å². The fraction of sp³-hybridized carbons (Fsp3) is 0.714. The summed E-state index contributed by atoms with van der Waals surface area (Å²) in [6.45, 7) is 12.7. The van der Waals surface area contributed by atoms with E-state index in [4.69, 9.17) is 4.74 Å². The highest BCUT2D eigenvalue weighted by atomic mass is 16.5. The summed E-state index contributed by atoms with van der Waals surface area (Å²) < 4.78 is 5.13. The molecule has 0 unspecified atom stereocenters. The van der Waals surface area contributed by atoms with Gasteiger partial charge in [-0.05, 0) is 26.3 Å². The summed E-state index contributed by atoms with van der Waals surface area (Å²) in [6.07, 6.45) is 0. The molecule has 0 radical (unpaired) electrons. The van der Waals surface area contributed by atoms with Gasteiger partial charge in [0.05, 0.1) is 0 Å². The van der Waals surface area contributed by atoms with Gasteiger partial charge in [-0.1, -0.05) is 6.58 Å². The molecule has 1 heterocycles. The topological polar surface area (TPSA) is 49.9 Å². The van der Waals surface area contributed by atoms with Crippen LogP contribution >= 0.6 is 0 Å². The highest BCUT2D eigenvalue weighted by Gasteiger charge is 2.22. The number of ketones is 1. The Balaban J connectivity index is 2.24. The molecule has 1 fully saturated rings. The molecule has 0 aliphatic carbocycles. The molecule has 19 heavy (non-hydrogen) atoms. The van der Waals surface area contributed by atoms with Crippen LogP contribution < -0.4 is 0 Å². The van der Waals surface area contributed by atoms with Crippen LogP contribution in [-0.4, -0.2) is 66.9 Å². The third kappa shape index (κ3) is 5.12. The lowest BCUT2D eigenvalue weighted by Gasteiger charge is -2.36. The Morgan fingerprint density at radius 1 is 1.16 bits per heavy atom. The van der Waals surface area contributed by atoms with Crippen LogP contribution in [0, 0.1) is 0 Å². The number of nitrogens with zero attached hydrogens (tertiary/aromatic N) is 2. The first kappa shape index (κ1) is 15.9. The summed E-state index contributed by atoms with van der Waals surface area (Å²) in [4.78, 5) is 27.3. The summed E-state index contributed by atoms with van der Waals surface area (Å²) in [5.74, 6) is -0.199. The van der Waals surface area contributed by atoms with Crippen LogP contribution in [0.5, 0.6) is 0 Å². The summed E-state index contributed by atoms with van der Waals surface area (Å²) in [7, 11) is 0. The molecule has 0 N–H and O–H groups in total. The van der Waals surface area contributed by atoms with Crippen LogP contribution in [-0.2, 0) is 14.3 Å². The Labute approximate surface area is 115 Å². The van der Waals surface area contributed by atoms with Crippen LogP contribution in [0.1, 0.15) is 20.8 Å². The Morgan fingerprint density at radius 3 is 2.21 bits per heavy atom. The number of ether oxygens (including phenoxy) is 1. The van der Waals surface area contributed by atoms with Crippen LogP contribution in [0.25, 0.3) is 0 Å². The quantitative estimate of drug-likeness (QED) is 0.665. The van der Waals surface area contributed by atoms with Gasteiger partial charge in [0.25, 0.3) is 0 Å². The molecule has 0 bridgehead atoms. The molecule has 1 amide bonds. The van der Waals surface area contributed by atoms with Gasteiger partial charge in [0.15, 0.2) is 5.78 Å². The van der Waals surface area contributed by atoms with E-state index >= 15 is 0 Å². The smallest absolute Gasteiger partial charge is 0.248 e. The zero-order valence-corrected chi connectivity index (χ0v) is 12.1. The van der Waals surface area contributed by atoms with E-state index in [9.17, 15) is 9.59 Å². The Hall–Kier alpha value is -1.20. The van der Waals surface area contributed by atoms with Gasteiger partial charge in [-0.25, -0.2) is 0 Å². The van der Waals surface area contributed by atoms with E-state index < -0.39 is 0 Å². The summed E-state index contributed by atoms with van der Waals surface area (Å²) in [5, 5.41) is 0. The number of amides is 1. The minimum absolute atomic E-state index is 0.0271. The van der Waals surface area contributed by atoms with E-state index in [1.807, 2.05) is 0 Å². The van der Waals surface area contributed by atoms with E-state index in [0.717, 1.165) is 26.2 Å². The van der Waals surface area contributed by atoms with Crippen molar-refractivity contribution in [3.63, 3.8) is 0 Å². The maximum Gasteiger partial charge on any atom is 0.248 e. The van der Waals surface area contributed by atoms with Gasteiger partial charge in [-0.3, -0.25) is 14.5 Å². The molecule has 108 valence electrons. The minimum atomic E-state index is -0.155. The molecule has 0 atom stereocenters. The summed E-state index contributed by atoms with van der Waals surface area (Å²) in [6, 6.07) is 0.515. The van der Waals surface area contributed by atoms with Gasteiger partial charge in [0.2, 0.25) is 5.91 Å². The maximum atomic E-state index is 11.9. The number of hydrogen-bond donors (Lipinski definition) is 0. The standard InChI is InChI=1S/C14H24N2O3/c1-11(2)13(17)9-19-10-14(18)16-7-5-15(6-8-16)12(3)4/h12H,1,5-10H2,2-4H3. The molecule has 1 saturated heterocycles. The number of rotatable bonds is 6. The van der Waals surface area contributed by atoms with E-state index in [2.05, 4.69) is 25.3 Å². The second kappa shape index (κ2) is 7.40. The van der Waals surface area contributed by atoms with E-state index in [0.29, 0.717) is 11.6 Å². The first-order valence-corrected chi connectivity index (χ1v) is 6.70. The largest absolute Gasteiger partial charge is 0.363 e. The van der Waals surface area contributed by atoms with Gasteiger partial charge in [0.1, 0.15) is 13.2 Å². The normalized spacial score (nSPS) is 16.7. The SMILES string of the molecule is C=C(C)C(=O)COCC(=O)N1CCN(C(C)C)CC1. The molecule has 1 rings (SSSR count). The molecule has 0 aromatic rings. The molecular formula is C14H24N2O3. The number of carbonyl (C=O) groups is 2. The molecule has 0 saturated carbocycles. The van der Waals surface area contributed by atoms with Crippen LogP contribution in [0.3, 0.4) is 0 Å². The Morgan fingerprint density at radius 2 is 1.74 bits per heavy atom. The second-order valence-electron chi connectivity index (χ2n) is 5.21. The molecule has 0 aromatic carbocycles. The van der Waals surface area contributed by atoms with Gasteiger partial charge >= 0.3 is 0 Å². The molecule has 0 aromatic heterocycles. The van der Waals surface area contributed by atoms with Crippen LogP contribution in [0.15, 0.2) is 12.2 Å². The van der Waals surface area contributed by atoms with Crippen molar-refractivity contribution in [2.45, 2.75) is 26.8 Å². The van der Waals surface area contributed by atoms with Crippen molar-refractivity contribution in [3.05, 3.63) is 12.2 Å². The van der Waals surface area contributed by atoms with E-state index in [1.54, 1.807) is 11.8 Å². The monoisotopic (exact) mass is 268 g/mol. The van der Waals surface area contributed by atoms with Crippen LogP contribution in [0.2, 0.25) is 0 Å². The second-order valence-corrected chi connectivity index (χ2v) is 5.21. The molecule has 5 nitrogen and oxygen atoms in total. The summed E-state index contributed by atoms with van der Waals surface area (Å²) in [5.41, 5.74) is 0.456. The third-order valence-corrected chi connectivity index (χ3v) is 3.33. The van der Waals surface area contributed by atoms with Crippen molar-refractivity contribution in [3.8, 4) is 0 Å². The average Bonchev–Trinajstić information content (AvgIpc) is 2.38. The molecular weight excluding hydrogens is 244 g/mol. The number of carbonyl (C=O) groups excluding carboxylic acids is 2. The fourth-order valence-corrected chi connectivity index (χ4v) is 1.93. The molecule has 0 spiro atoms. The number of Topliss-reactive ketones (excluding diaryl/α,β-unsaturated/α-hetero) is 1. The van der Waals surface area contributed by atoms with Gasteiger partial charge in [-0.15, -0.1) is 0 Å². The number of hydrogen-bond acceptors (Lipinski definition) is 4. The highest BCUT2D eigenvalue weighted by molar-refractivity contribution is 5.95. The molecule has 1 aliphatic heterocycles. The highest BCUT2D eigenvalue weighted by Crippen LogP contribution is 2.06. The van der Waals surface area contributed by atoms with E-state index in [1.165, 1.54) is 0 Å². The Bertz CT molecular complexity index is 345. The third-order valence-electron chi connectivity index (χ3n) is 3.33. The zero-order valence-electron chi connectivity index (χ0n) is 12.1. The first-order chi connectivity index (χ1) is 8.91. The summed E-state index contributed by atoms with van der Waals surface area (Å²) >= 11 is 0. The predicted molar refractivity (Wildman–Crippen MR) is 73.9 cm³/mol. The fourth-order valence-electron chi connectivity index (χ4n) is 1.93. The van der Waals surface area contributed by atoms with Crippen molar-refractivity contribution >= 4 is 11.7 Å². The van der Waals surface area contributed by atoms with Crippen molar-refractivity contribution in [2.75, 3.05) is 39.4 Å². The maximum absolute atomic E-state index is 11.9. The van der Waals surface area contributed by atoms with Gasteiger partial charge in [-0.2, -0.15) is 0 Å². The zero-order chi connectivity index (χ0) is 14.4. The Kier molecular flexibility index (Phi) is 6.18. The van der Waals surface area contributed by atoms with Crippen LogP contribution in [0.4, 0.5) is 0 Å². The van der Waals surface area contributed by atoms with Gasteiger partial charge in [0, 0.05) is 32.2 Å². The molecule has 1 aliphatic rings. The number of piperazine rings is 1. The first-order valence-electron chi connectivity index (χ1n) is 6.70. The lowest BCUT2D eigenvalue weighted by molar-refractivity contribution is -0.139.